The van der Waals surface area contributed by atoms with Crippen LogP contribution >= 0.6 is 0 Å². The highest BCUT2D eigenvalue weighted by molar-refractivity contribution is 7.89. The molecular formula is C19H25N5O5S. The average Bonchev–Trinajstić information content (AvgIpc) is 3.23. The van der Waals surface area contributed by atoms with Crippen molar-refractivity contribution >= 4 is 21.6 Å². The van der Waals surface area contributed by atoms with Gasteiger partial charge in [0.25, 0.3) is 5.69 Å². The second-order valence-electron chi connectivity index (χ2n) is 7.26. The number of aromatic nitrogens is 2. The number of aryl methyl sites for hydroxylation is 1. The highest BCUT2D eigenvalue weighted by Gasteiger charge is 2.32. The van der Waals surface area contributed by atoms with Gasteiger partial charge in [0.15, 0.2) is 0 Å². The summed E-state index contributed by atoms with van der Waals surface area (Å²) >= 11 is 0. The fourth-order valence-electron chi connectivity index (χ4n) is 3.44. The molecule has 30 heavy (non-hydrogen) atoms. The quantitative estimate of drug-likeness (QED) is 0.524. The average molecular weight is 436 g/mol. The molecule has 1 amide bonds. The fraction of sp³-hybridized carbons (Fsp3) is 0.474. The lowest BCUT2D eigenvalue weighted by atomic mass is 9.97. The zero-order chi connectivity index (χ0) is 21.9. The number of nitro benzene ring substituents is 1. The minimum absolute atomic E-state index is 0.0103. The number of nitrogens with zero attached hydrogens (tertiary/aromatic N) is 4. The van der Waals surface area contributed by atoms with E-state index in [-0.39, 0.29) is 41.5 Å². The Balaban J connectivity index is 1.58. The summed E-state index contributed by atoms with van der Waals surface area (Å²) in [7, 11) is -3.75. The molecule has 1 saturated heterocycles. The van der Waals surface area contributed by atoms with Crippen LogP contribution in [0.2, 0.25) is 0 Å². The van der Waals surface area contributed by atoms with Gasteiger partial charge in [-0.1, -0.05) is 0 Å². The number of piperidine rings is 1. The monoisotopic (exact) mass is 435 g/mol. The number of rotatable bonds is 7. The topological polar surface area (TPSA) is 127 Å². The van der Waals surface area contributed by atoms with E-state index in [1.165, 1.54) is 28.6 Å². The first-order valence-electron chi connectivity index (χ1n) is 9.80. The summed E-state index contributed by atoms with van der Waals surface area (Å²) in [6.45, 7) is 5.04. The number of nitro groups is 1. The third-order valence-corrected chi connectivity index (χ3v) is 7.21. The van der Waals surface area contributed by atoms with Crippen LogP contribution in [-0.2, 0) is 21.4 Å². The molecule has 11 heteroatoms. The number of nitrogens with one attached hydrogen (secondary N) is 1. The molecule has 10 nitrogen and oxygen atoms in total. The van der Waals surface area contributed by atoms with Crippen LogP contribution in [0.1, 0.15) is 38.4 Å². The minimum atomic E-state index is -3.75. The van der Waals surface area contributed by atoms with Crippen molar-refractivity contribution in [3.63, 3.8) is 0 Å². The molecule has 2 aromatic rings. The zero-order valence-electron chi connectivity index (χ0n) is 16.9. The third-order valence-electron chi connectivity index (χ3n) is 5.30. The van der Waals surface area contributed by atoms with Crippen molar-refractivity contribution in [3.8, 4) is 0 Å². The Morgan fingerprint density at radius 1 is 1.27 bits per heavy atom. The second kappa shape index (κ2) is 8.92. The smallest absolute Gasteiger partial charge is 0.269 e. The summed E-state index contributed by atoms with van der Waals surface area (Å²) < 4.78 is 28.7. The molecular weight excluding hydrogens is 410 g/mol. The summed E-state index contributed by atoms with van der Waals surface area (Å²) in [4.78, 5) is 22.8. The van der Waals surface area contributed by atoms with E-state index >= 15 is 0 Å². The van der Waals surface area contributed by atoms with Gasteiger partial charge in [-0.3, -0.25) is 19.6 Å². The molecule has 2 heterocycles. The van der Waals surface area contributed by atoms with Gasteiger partial charge in [0.2, 0.25) is 15.9 Å². The molecule has 1 atom stereocenters. The maximum Gasteiger partial charge on any atom is 0.269 e. The Kier molecular flexibility index (Phi) is 6.52. The summed E-state index contributed by atoms with van der Waals surface area (Å²) in [5, 5.41) is 18.1. The number of hydrogen-bond acceptors (Lipinski definition) is 6. The van der Waals surface area contributed by atoms with E-state index < -0.39 is 14.9 Å². The Morgan fingerprint density at radius 2 is 1.90 bits per heavy atom. The van der Waals surface area contributed by atoms with Gasteiger partial charge in [0, 0.05) is 43.9 Å². The third kappa shape index (κ3) is 4.68. The van der Waals surface area contributed by atoms with E-state index in [0.717, 1.165) is 12.2 Å². The summed E-state index contributed by atoms with van der Waals surface area (Å²) in [6, 6.07) is 6.47. The van der Waals surface area contributed by atoms with Gasteiger partial charge in [-0.15, -0.1) is 0 Å². The van der Waals surface area contributed by atoms with Gasteiger partial charge in [-0.25, -0.2) is 8.42 Å². The molecule has 1 N–H and O–H groups in total. The molecule has 1 aliphatic heterocycles. The number of amides is 1. The van der Waals surface area contributed by atoms with Crippen molar-refractivity contribution in [1.29, 1.82) is 0 Å². The van der Waals surface area contributed by atoms with Gasteiger partial charge in [0.1, 0.15) is 0 Å². The number of benzene rings is 1. The normalized spacial score (nSPS) is 16.9. The maximum absolute atomic E-state index is 12.8. The lowest BCUT2D eigenvalue weighted by Gasteiger charge is -2.31. The Labute approximate surface area is 175 Å². The van der Waals surface area contributed by atoms with Crippen LogP contribution in [0.3, 0.4) is 0 Å². The van der Waals surface area contributed by atoms with Crippen LogP contribution in [0.4, 0.5) is 5.69 Å². The molecule has 1 fully saturated rings. The van der Waals surface area contributed by atoms with Crippen LogP contribution in [0.15, 0.2) is 41.4 Å². The van der Waals surface area contributed by atoms with Crippen LogP contribution in [0, 0.1) is 16.0 Å². The first-order valence-corrected chi connectivity index (χ1v) is 11.2. The van der Waals surface area contributed by atoms with Crippen molar-refractivity contribution in [2.45, 2.75) is 44.2 Å². The van der Waals surface area contributed by atoms with Crippen LogP contribution in [-0.4, -0.2) is 46.4 Å². The van der Waals surface area contributed by atoms with Gasteiger partial charge < -0.3 is 5.32 Å². The van der Waals surface area contributed by atoms with Crippen LogP contribution < -0.4 is 5.32 Å². The summed E-state index contributed by atoms with van der Waals surface area (Å²) in [6.07, 6.45) is 2.68. The van der Waals surface area contributed by atoms with Gasteiger partial charge in [-0.05, 0) is 44.9 Å². The van der Waals surface area contributed by atoms with Gasteiger partial charge in [0.05, 0.1) is 21.6 Å². The first-order chi connectivity index (χ1) is 14.2. The van der Waals surface area contributed by atoms with Crippen molar-refractivity contribution in [2.24, 2.45) is 5.92 Å². The van der Waals surface area contributed by atoms with E-state index in [1.807, 2.05) is 26.1 Å². The highest BCUT2D eigenvalue weighted by atomic mass is 32.2. The largest absolute Gasteiger partial charge is 0.348 e. The SMILES string of the molecule is CCn1ccc(C(C)NC(=O)C2CCN(S(=O)(=O)c3ccc([N+](=O)[O-])cc3)CC2)n1. The van der Waals surface area contributed by atoms with Crippen molar-refractivity contribution in [3.05, 3.63) is 52.3 Å². The molecule has 1 unspecified atom stereocenters. The predicted octanol–water partition coefficient (Wildman–Crippen LogP) is 2.09. The maximum atomic E-state index is 12.8. The van der Waals surface area contributed by atoms with Gasteiger partial charge >= 0.3 is 0 Å². The molecule has 0 aliphatic carbocycles. The lowest BCUT2D eigenvalue weighted by molar-refractivity contribution is -0.384. The standard InChI is InChI=1S/C19H25N5O5S/c1-3-22-11-10-18(21-22)14(2)20-19(25)15-8-12-23(13-9-15)30(28,29)17-6-4-16(5-7-17)24(26)27/h4-7,10-11,14-15H,3,8-9,12-13H2,1-2H3,(H,20,25). The number of hydrogen-bond donors (Lipinski definition) is 1. The number of carbonyl (C=O) groups excluding carboxylic acids is 1. The Morgan fingerprint density at radius 3 is 2.43 bits per heavy atom. The predicted molar refractivity (Wildman–Crippen MR) is 109 cm³/mol. The summed E-state index contributed by atoms with van der Waals surface area (Å²) in [5.74, 6) is -0.384. The molecule has 0 radical (unpaired) electrons. The zero-order valence-corrected chi connectivity index (χ0v) is 17.7. The lowest BCUT2D eigenvalue weighted by Crippen LogP contribution is -2.43. The molecule has 1 aromatic heterocycles. The van der Waals surface area contributed by atoms with Crippen molar-refractivity contribution < 1.29 is 18.1 Å². The van der Waals surface area contributed by atoms with E-state index in [1.54, 1.807) is 4.68 Å². The van der Waals surface area contributed by atoms with Crippen molar-refractivity contribution in [2.75, 3.05) is 13.1 Å². The van der Waals surface area contributed by atoms with E-state index in [0.29, 0.717) is 12.8 Å². The number of sulfonamides is 1. The number of carbonyl (C=O) groups is 1. The molecule has 0 bridgehead atoms. The molecule has 1 aromatic carbocycles. The first kappa shape index (κ1) is 21.9. The van der Waals surface area contributed by atoms with E-state index in [2.05, 4.69) is 10.4 Å². The Hall–Kier alpha value is -2.79. The highest BCUT2D eigenvalue weighted by Crippen LogP contribution is 2.25. The van der Waals surface area contributed by atoms with E-state index in [4.69, 9.17) is 0 Å². The summed E-state index contributed by atoms with van der Waals surface area (Å²) in [5.41, 5.74) is 0.616. The second-order valence-corrected chi connectivity index (χ2v) is 9.19. The number of non-ortho nitro benzene ring substituents is 1. The van der Waals surface area contributed by atoms with E-state index in [9.17, 15) is 23.3 Å². The molecule has 1 aliphatic rings. The molecule has 162 valence electrons. The minimum Gasteiger partial charge on any atom is -0.348 e. The Bertz CT molecular complexity index is 1010. The molecule has 3 rings (SSSR count). The fourth-order valence-corrected chi connectivity index (χ4v) is 4.91. The molecule has 0 spiro atoms. The van der Waals surface area contributed by atoms with Crippen LogP contribution in [0.5, 0.6) is 0 Å². The van der Waals surface area contributed by atoms with Crippen LogP contribution in [0.25, 0.3) is 0 Å². The van der Waals surface area contributed by atoms with Crippen molar-refractivity contribution in [1.82, 2.24) is 19.4 Å². The van der Waals surface area contributed by atoms with Gasteiger partial charge in [-0.2, -0.15) is 9.40 Å². The molecule has 0 saturated carbocycles.